The molecule has 0 aliphatic heterocycles. The number of nitrogens with one attached hydrogen (secondary N) is 1. The van der Waals surface area contributed by atoms with Crippen molar-refractivity contribution in [2.45, 2.75) is 17.3 Å². The first-order valence-corrected chi connectivity index (χ1v) is 12.7. The molecule has 5 rings (SSSR count). The topological polar surface area (TPSA) is 58.6 Å². The second kappa shape index (κ2) is 9.53. The maximum atomic E-state index is 13.2. The van der Waals surface area contributed by atoms with Gasteiger partial charge in [0.05, 0.1) is 11.1 Å². The maximum absolute atomic E-state index is 13.2. The summed E-state index contributed by atoms with van der Waals surface area (Å²) >= 11 is 14.3. The molecule has 4 aromatic rings. The van der Waals surface area contributed by atoms with Gasteiger partial charge in [0, 0.05) is 35.8 Å². The van der Waals surface area contributed by atoms with Crippen molar-refractivity contribution in [2.75, 3.05) is 19.0 Å². The Kier molecular flexibility index (Phi) is 6.45. The summed E-state index contributed by atoms with van der Waals surface area (Å²) in [5.74, 6) is 0.440. The summed E-state index contributed by atoms with van der Waals surface area (Å²) in [5, 5.41) is 3.25. The van der Waals surface area contributed by atoms with E-state index in [0.29, 0.717) is 21.4 Å². The Morgan fingerprint density at radius 2 is 1.71 bits per heavy atom. The summed E-state index contributed by atoms with van der Waals surface area (Å²) in [6.45, 7) is 0. The average Bonchev–Trinajstić information content (AvgIpc) is 3.20. The van der Waals surface area contributed by atoms with Gasteiger partial charge in [-0.15, -0.1) is 22.9 Å². The number of alkyl halides is 1. The molecular formula is C27H22Cl2N2O3S. The quantitative estimate of drug-likeness (QED) is 0.293. The van der Waals surface area contributed by atoms with Crippen LogP contribution in [0.15, 0.2) is 72.8 Å². The molecule has 0 spiro atoms. The van der Waals surface area contributed by atoms with Crippen LogP contribution in [0.25, 0.3) is 10.1 Å². The number of nitrogens with zero attached hydrogens (tertiary/aromatic N) is 1. The first-order chi connectivity index (χ1) is 16.8. The van der Waals surface area contributed by atoms with Crippen molar-refractivity contribution in [3.05, 3.63) is 88.3 Å². The van der Waals surface area contributed by atoms with Crippen LogP contribution in [0.3, 0.4) is 0 Å². The molecule has 8 heteroatoms. The fraction of sp³-hybridized carbons (Fsp3) is 0.185. The summed E-state index contributed by atoms with van der Waals surface area (Å²) in [4.78, 5) is 28.1. The molecule has 1 aromatic heterocycles. The standard InChI is InChI=1S/C27H22Cl2N2O3S/c1-31(2)16-10-8-15(9-11-16)21-23(29)25(32)24(21)30-27(33)26-22(28)19-14-18(12-13-20(19)35-26)34-17-6-4-3-5-7-17/h3-14,21,23-24H,1-2H3,(H,30,33). The predicted molar refractivity (Wildman–Crippen MR) is 143 cm³/mol. The van der Waals surface area contributed by atoms with Crippen LogP contribution < -0.4 is 15.0 Å². The number of para-hydroxylation sites is 1. The van der Waals surface area contributed by atoms with Crippen LogP contribution in [-0.4, -0.2) is 37.2 Å². The third-order valence-electron chi connectivity index (χ3n) is 6.12. The number of ether oxygens (including phenoxy) is 1. The highest BCUT2D eigenvalue weighted by atomic mass is 35.5. The van der Waals surface area contributed by atoms with Crippen LogP contribution in [0, 0.1) is 0 Å². The highest BCUT2D eigenvalue weighted by Crippen LogP contribution is 2.41. The number of benzene rings is 3. The number of carbonyl (C=O) groups excluding carboxylic acids is 2. The van der Waals surface area contributed by atoms with Gasteiger partial charge in [-0.1, -0.05) is 41.9 Å². The minimum absolute atomic E-state index is 0.197. The second-order valence-electron chi connectivity index (χ2n) is 8.59. The van der Waals surface area contributed by atoms with Crippen LogP contribution in [0.1, 0.15) is 21.2 Å². The molecule has 0 bridgehead atoms. The number of ketones is 1. The summed E-state index contributed by atoms with van der Waals surface area (Å²) < 4.78 is 6.75. The number of rotatable bonds is 6. The van der Waals surface area contributed by atoms with Crippen molar-refractivity contribution in [3.8, 4) is 11.5 Å². The van der Waals surface area contributed by atoms with Gasteiger partial charge < -0.3 is 15.0 Å². The van der Waals surface area contributed by atoms with Gasteiger partial charge in [-0.2, -0.15) is 0 Å². The molecule has 0 saturated heterocycles. The number of thiophene rings is 1. The van der Waals surface area contributed by atoms with Gasteiger partial charge in [0.25, 0.3) is 5.91 Å². The zero-order valence-electron chi connectivity index (χ0n) is 19.0. The van der Waals surface area contributed by atoms with E-state index in [2.05, 4.69) is 5.32 Å². The minimum atomic E-state index is -0.701. The van der Waals surface area contributed by atoms with Crippen LogP contribution in [0.4, 0.5) is 5.69 Å². The molecule has 1 heterocycles. The van der Waals surface area contributed by atoms with Crippen molar-refractivity contribution in [2.24, 2.45) is 0 Å². The third kappa shape index (κ3) is 4.49. The lowest BCUT2D eigenvalue weighted by Gasteiger charge is -2.40. The van der Waals surface area contributed by atoms with E-state index in [9.17, 15) is 9.59 Å². The summed E-state index contributed by atoms with van der Waals surface area (Å²) in [7, 11) is 3.92. The number of anilines is 1. The Balaban J connectivity index is 1.36. The number of fused-ring (bicyclic) bond motifs is 1. The van der Waals surface area contributed by atoms with E-state index in [1.165, 1.54) is 11.3 Å². The van der Waals surface area contributed by atoms with Gasteiger partial charge in [0.2, 0.25) is 0 Å². The average molecular weight is 525 g/mol. The number of hydrogen-bond donors (Lipinski definition) is 1. The van der Waals surface area contributed by atoms with Gasteiger partial charge in [-0.05, 0) is 48.0 Å². The Morgan fingerprint density at radius 1 is 1.00 bits per heavy atom. The van der Waals surface area contributed by atoms with E-state index in [1.54, 1.807) is 0 Å². The molecular weight excluding hydrogens is 503 g/mol. The van der Waals surface area contributed by atoms with E-state index in [1.807, 2.05) is 91.8 Å². The molecule has 1 amide bonds. The fourth-order valence-corrected chi connectivity index (χ4v) is 6.00. The molecule has 3 unspecified atom stereocenters. The SMILES string of the molecule is CN(C)c1ccc(C2C(Cl)C(=O)C2NC(=O)c2sc3ccc(Oc4ccccc4)cc3c2Cl)cc1. The number of carbonyl (C=O) groups is 2. The molecule has 1 saturated carbocycles. The van der Waals surface area contributed by atoms with Gasteiger partial charge in [-0.25, -0.2) is 0 Å². The van der Waals surface area contributed by atoms with Gasteiger partial charge in [0.15, 0.2) is 5.78 Å². The number of amides is 1. The molecule has 1 aliphatic carbocycles. The van der Waals surface area contributed by atoms with Crippen LogP contribution >= 0.6 is 34.5 Å². The van der Waals surface area contributed by atoms with E-state index < -0.39 is 17.3 Å². The zero-order valence-corrected chi connectivity index (χ0v) is 21.3. The Labute approximate surface area is 217 Å². The van der Waals surface area contributed by atoms with Gasteiger partial charge in [0.1, 0.15) is 21.8 Å². The van der Waals surface area contributed by atoms with Crippen molar-refractivity contribution in [1.29, 1.82) is 0 Å². The number of hydrogen-bond acceptors (Lipinski definition) is 5. The van der Waals surface area contributed by atoms with Crippen molar-refractivity contribution in [3.63, 3.8) is 0 Å². The zero-order chi connectivity index (χ0) is 24.7. The summed E-state index contributed by atoms with van der Waals surface area (Å²) in [6.07, 6.45) is 0. The van der Waals surface area contributed by atoms with E-state index in [0.717, 1.165) is 21.3 Å². The van der Waals surface area contributed by atoms with Crippen molar-refractivity contribution in [1.82, 2.24) is 5.32 Å². The smallest absolute Gasteiger partial charge is 0.263 e. The Morgan fingerprint density at radius 3 is 2.40 bits per heavy atom. The second-order valence-corrected chi connectivity index (χ2v) is 10.5. The maximum Gasteiger partial charge on any atom is 0.263 e. The van der Waals surface area contributed by atoms with E-state index in [-0.39, 0.29) is 11.7 Å². The minimum Gasteiger partial charge on any atom is -0.457 e. The van der Waals surface area contributed by atoms with Gasteiger partial charge >= 0.3 is 0 Å². The molecule has 1 aliphatic rings. The van der Waals surface area contributed by atoms with Crippen LogP contribution in [-0.2, 0) is 4.79 Å². The first kappa shape index (κ1) is 23.7. The molecule has 178 valence electrons. The molecule has 5 nitrogen and oxygen atoms in total. The largest absolute Gasteiger partial charge is 0.457 e. The number of halogens is 2. The summed E-state index contributed by atoms with van der Waals surface area (Å²) in [5.41, 5.74) is 1.95. The highest BCUT2D eigenvalue weighted by Gasteiger charge is 2.50. The monoisotopic (exact) mass is 524 g/mol. The lowest BCUT2D eigenvalue weighted by atomic mass is 9.73. The first-order valence-electron chi connectivity index (χ1n) is 11.0. The highest BCUT2D eigenvalue weighted by molar-refractivity contribution is 7.21. The lowest BCUT2D eigenvalue weighted by molar-refractivity contribution is -0.127. The molecule has 35 heavy (non-hydrogen) atoms. The molecule has 1 N–H and O–H groups in total. The van der Waals surface area contributed by atoms with Crippen LogP contribution in [0.5, 0.6) is 11.5 Å². The third-order valence-corrected chi connectivity index (χ3v) is 8.28. The van der Waals surface area contributed by atoms with Crippen molar-refractivity contribution < 1.29 is 14.3 Å². The Hall–Kier alpha value is -3.06. The van der Waals surface area contributed by atoms with Crippen molar-refractivity contribution >= 4 is 62.0 Å². The molecule has 3 aromatic carbocycles. The van der Waals surface area contributed by atoms with Gasteiger partial charge in [-0.3, -0.25) is 9.59 Å². The Bertz CT molecular complexity index is 1400. The molecule has 1 fully saturated rings. The molecule has 0 radical (unpaired) electrons. The number of Topliss-reactive ketones (excluding diaryl/α,β-unsaturated/α-hetero) is 1. The lowest BCUT2D eigenvalue weighted by Crippen LogP contribution is -2.60. The normalized spacial score (nSPS) is 19.3. The van der Waals surface area contributed by atoms with Crippen LogP contribution in [0.2, 0.25) is 5.02 Å². The van der Waals surface area contributed by atoms with E-state index in [4.69, 9.17) is 27.9 Å². The molecule has 3 atom stereocenters. The van der Waals surface area contributed by atoms with E-state index >= 15 is 0 Å². The fourth-order valence-electron chi connectivity index (χ4n) is 4.18. The predicted octanol–water partition coefficient (Wildman–Crippen LogP) is 6.49. The summed E-state index contributed by atoms with van der Waals surface area (Å²) in [6, 6.07) is 22.1.